The molecule has 0 unspecified atom stereocenters. The van der Waals surface area contributed by atoms with Crippen molar-refractivity contribution in [3.05, 3.63) is 0 Å². The van der Waals surface area contributed by atoms with Crippen LogP contribution in [0.4, 0.5) is 13.2 Å². The number of halogens is 3. The Morgan fingerprint density at radius 2 is 1.58 bits per heavy atom. The van der Waals surface area contributed by atoms with E-state index in [4.69, 9.17) is 0 Å². The van der Waals surface area contributed by atoms with Crippen LogP contribution in [0, 0.1) is 0 Å². The average Bonchev–Trinajstić information content (AvgIpc) is 2.02. The molecule has 0 N–H and O–H groups in total. The molecule has 0 heterocycles. The molecule has 0 bridgehead atoms. The summed E-state index contributed by atoms with van der Waals surface area (Å²) < 4.78 is 34.4. The van der Waals surface area contributed by atoms with Gasteiger partial charge in [0.1, 0.15) is 0 Å². The average molecular weight is 184 g/mol. The van der Waals surface area contributed by atoms with Crippen LogP contribution < -0.4 is 0 Å². The van der Waals surface area contributed by atoms with E-state index >= 15 is 0 Å². The van der Waals surface area contributed by atoms with E-state index in [9.17, 15) is 13.2 Å². The van der Waals surface area contributed by atoms with Gasteiger partial charge in [0, 0.05) is 0 Å². The zero-order valence-electron chi connectivity index (χ0n) is 6.56. The molecule has 0 aromatic heterocycles. The van der Waals surface area contributed by atoms with E-state index in [2.05, 4.69) is 9.78 Å². The van der Waals surface area contributed by atoms with Crippen LogP contribution in [-0.4, -0.2) is 12.5 Å². The summed E-state index contributed by atoms with van der Waals surface area (Å²) in [4.78, 5) is 7.49. The number of rotatable bonds is 2. The maximum absolute atomic E-state index is 11.5. The quantitative estimate of drug-likeness (QED) is 0.485. The Bertz CT molecular complexity index is 129. The van der Waals surface area contributed by atoms with Crippen molar-refractivity contribution in [3.63, 3.8) is 0 Å². The molecule has 1 fully saturated rings. The highest BCUT2D eigenvalue weighted by atomic mass is 19.4. The highest BCUT2D eigenvalue weighted by Gasteiger charge is 2.32. The minimum Gasteiger partial charge on any atom is -0.225 e. The van der Waals surface area contributed by atoms with E-state index < -0.39 is 6.36 Å². The van der Waals surface area contributed by atoms with Gasteiger partial charge in [0.2, 0.25) is 0 Å². The van der Waals surface area contributed by atoms with Crippen molar-refractivity contribution in [1.29, 1.82) is 0 Å². The molecule has 5 heteroatoms. The van der Waals surface area contributed by atoms with Gasteiger partial charge in [0.05, 0.1) is 6.10 Å². The summed E-state index contributed by atoms with van der Waals surface area (Å²) >= 11 is 0. The lowest BCUT2D eigenvalue weighted by molar-refractivity contribution is -0.498. The van der Waals surface area contributed by atoms with Crippen molar-refractivity contribution in [3.8, 4) is 0 Å². The Hall–Kier alpha value is -0.290. The van der Waals surface area contributed by atoms with Gasteiger partial charge in [-0.1, -0.05) is 19.3 Å². The fourth-order valence-corrected chi connectivity index (χ4v) is 1.28. The Morgan fingerprint density at radius 1 is 1.00 bits per heavy atom. The highest BCUT2D eigenvalue weighted by Crippen LogP contribution is 2.24. The molecule has 0 aromatic rings. The Labute approximate surface area is 68.6 Å². The van der Waals surface area contributed by atoms with E-state index in [1.54, 1.807) is 0 Å². The van der Waals surface area contributed by atoms with Crippen molar-refractivity contribution in [2.24, 2.45) is 0 Å². The van der Waals surface area contributed by atoms with Gasteiger partial charge in [-0.25, -0.2) is 4.89 Å². The van der Waals surface area contributed by atoms with Crippen LogP contribution in [-0.2, 0) is 9.78 Å². The Kier molecular flexibility index (Phi) is 3.34. The van der Waals surface area contributed by atoms with Gasteiger partial charge >= 0.3 is 6.36 Å². The lowest BCUT2D eigenvalue weighted by Crippen LogP contribution is -2.22. The minimum atomic E-state index is -4.67. The largest absolute Gasteiger partial charge is 0.549 e. The first kappa shape index (κ1) is 9.80. The first-order chi connectivity index (χ1) is 5.58. The molecule has 0 atom stereocenters. The van der Waals surface area contributed by atoms with Gasteiger partial charge in [-0.05, 0) is 12.8 Å². The van der Waals surface area contributed by atoms with Crippen LogP contribution in [0.2, 0.25) is 0 Å². The first-order valence-corrected chi connectivity index (χ1v) is 3.99. The molecular weight excluding hydrogens is 173 g/mol. The maximum atomic E-state index is 11.5. The molecule has 1 aliphatic carbocycles. The summed E-state index contributed by atoms with van der Waals surface area (Å²) in [6, 6.07) is 0. The molecule has 1 rings (SSSR count). The van der Waals surface area contributed by atoms with E-state index in [-0.39, 0.29) is 6.10 Å². The number of alkyl halides is 3. The second kappa shape index (κ2) is 4.09. The predicted molar refractivity (Wildman–Crippen MR) is 35.1 cm³/mol. The van der Waals surface area contributed by atoms with Crippen LogP contribution in [0.25, 0.3) is 0 Å². The third kappa shape index (κ3) is 3.92. The van der Waals surface area contributed by atoms with E-state index in [1.807, 2.05) is 0 Å². The lowest BCUT2D eigenvalue weighted by atomic mass is 9.98. The smallest absolute Gasteiger partial charge is 0.225 e. The van der Waals surface area contributed by atoms with E-state index in [0.717, 1.165) is 19.3 Å². The molecule has 72 valence electrons. The number of hydrogen-bond donors (Lipinski definition) is 0. The van der Waals surface area contributed by atoms with Gasteiger partial charge in [-0.3, -0.25) is 0 Å². The van der Waals surface area contributed by atoms with Crippen molar-refractivity contribution < 1.29 is 22.9 Å². The SMILES string of the molecule is FC(F)(F)OOC1CCCCC1. The molecule has 0 saturated heterocycles. The summed E-state index contributed by atoms with van der Waals surface area (Å²) in [5.74, 6) is 0. The minimum absolute atomic E-state index is 0.375. The summed E-state index contributed by atoms with van der Waals surface area (Å²) in [5, 5.41) is 0. The van der Waals surface area contributed by atoms with Gasteiger partial charge < -0.3 is 0 Å². The van der Waals surface area contributed by atoms with Crippen molar-refractivity contribution in [2.45, 2.75) is 44.6 Å². The topological polar surface area (TPSA) is 18.5 Å². The Balaban J connectivity index is 2.13. The third-order valence-corrected chi connectivity index (χ3v) is 1.83. The van der Waals surface area contributed by atoms with Crippen molar-refractivity contribution >= 4 is 0 Å². The van der Waals surface area contributed by atoms with Crippen molar-refractivity contribution in [2.75, 3.05) is 0 Å². The van der Waals surface area contributed by atoms with E-state index in [0.29, 0.717) is 12.8 Å². The summed E-state index contributed by atoms with van der Waals surface area (Å²) in [7, 11) is 0. The molecule has 1 saturated carbocycles. The predicted octanol–water partition coefficient (Wildman–Crippen LogP) is 2.79. The van der Waals surface area contributed by atoms with Gasteiger partial charge in [0.15, 0.2) is 0 Å². The fraction of sp³-hybridized carbons (Fsp3) is 1.00. The summed E-state index contributed by atoms with van der Waals surface area (Å²) in [5.41, 5.74) is 0. The third-order valence-electron chi connectivity index (χ3n) is 1.83. The number of hydrogen-bond acceptors (Lipinski definition) is 2. The zero-order chi connectivity index (χ0) is 9.03. The van der Waals surface area contributed by atoms with Gasteiger partial charge in [0.25, 0.3) is 0 Å². The van der Waals surface area contributed by atoms with Crippen LogP contribution >= 0.6 is 0 Å². The molecule has 0 aromatic carbocycles. The second-order valence-corrected chi connectivity index (χ2v) is 2.89. The lowest BCUT2D eigenvalue weighted by Gasteiger charge is -2.20. The normalized spacial score (nSPS) is 21.2. The van der Waals surface area contributed by atoms with Gasteiger partial charge in [-0.15, -0.1) is 18.1 Å². The molecule has 2 nitrogen and oxygen atoms in total. The van der Waals surface area contributed by atoms with Crippen LogP contribution in [0.3, 0.4) is 0 Å². The fourth-order valence-electron chi connectivity index (χ4n) is 1.28. The summed E-state index contributed by atoms with van der Waals surface area (Å²) in [6.07, 6.45) is -0.798. The monoisotopic (exact) mass is 184 g/mol. The van der Waals surface area contributed by atoms with Crippen LogP contribution in [0.1, 0.15) is 32.1 Å². The molecule has 1 aliphatic rings. The maximum Gasteiger partial charge on any atom is 0.549 e. The standard InChI is InChI=1S/C7H11F3O2/c8-7(9,10)12-11-6-4-2-1-3-5-6/h6H,1-5H2. The molecule has 0 radical (unpaired) electrons. The van der Waals surface area contributed by atoms with E-state index in [1.165, 1.54) is 0 Å². The molecule has 0 aliphatic heterocycles. The van der Waals surface area contributed by atoms with Gasteiger partial charge in [-0.2, -0.15) is 0 Å². The first-order valence-electron chi connectivity index (χ1n) is 3.99. The van der Waals surface area contributed by atoms with Crippen molar-refractivity contribution in [1.82, 2.24) is 0 Å². The highest BCUT2D eigenvalue weighted by molar-refractivity contribution is 4.63. The Morgan fingerprint density at radius 3 is 2.08 bits per heavy atom. The second-order valence-electron chi connectivity index (χ2n) is 2.89. The van der Waals surface area contributed by atoms with Crippen LogP contribution in [0.15, 0.2) is 0 Å². The molecule has 0 spiro atoms. The zero-order valence-corrected chi connectivity index (χ0v) is 6.56. The molecule has 0 amide bonds. The molecule has 12 heavy (non-hydrogen) atoms. The molecular formula is C7H11F3O2. The van der Waals surface area contributed by atoms with Crippen LogP contribution in [0.5, 0.6) is 0 Å². The summed E-state index contributed by atoms with van der Waals surface area (Å²) in [6.45, 7) is 0.